The molecule has 2 amide bonds. The van der Waals surface area contributed by atoms with E-state index in [4.69, 9.17) is 0 Å². The molecule has 18 heavy (non-hydrogen) atoms. The highest BCUT2D eigenvalue weighted by Gasteiger charge is 2.11. The molecule has 1 unspecified atom stereocenters. The zero-order chi connectivity index (χ0) is 13.5. The first kappa shape index (κ1) is 14.7. The maximum Gasteiger partial charge on any atom is 0.238 e. The lowest BCUT2D eigenvalue weighted by Crippen LogP contribution is -2.43. The number of likely N-dealkylation sites (N-methyl/N-ethyl adjacent to an activating group) is 1. The molecule has 0 heterocycles. The molecule has 1 rings (SSSR count). The Bertz CT molecular complexity index is 420. The summed E-state index contributed by atoms with van der Waals surface area (Å²) in [5.74, 6) is -0.334. The zero-order valence-corrected chi connectivity index (χ0v) is 11.9. The Balaban J connectivity index is 2.38. The Labute approximate surface area is 114 Å². The Hall–Kier alpha value is -1.40. The molecule has 1 atom stereocenters. The number of benzene rings is 1. The molecule has 1 aromatic rings. The molecule has 0 saturated carbocycles. The first-order valence-corrected chi connectivity index (χ1v) is 6.32. The molecule has 3 N–H and O–H groups in total. The van der Waals surface area contributed by atoms with Crippen LogP contribution in [0.1, 0.15) is 6.92 Å². The summed E-state index contributed by atoms with van der Waals surface area (Å²) in [6, 6.07) is 6.88. The fourth-order valence-electron chi connectivity index (χ4n) is 1.29. The molecule has 0 aliphatic carbocycles. The summed E-state index contributed by atoms with van der Waals surface area (Å²) < 4.78 is 0.951. The summed E-state index contributed by atoms with van der Waals surface area (Å²) in [5, 5.41) is 8.06. The second kappa shape index (κ2) is 7.13. The first-order valence-electron chi connectivity index (χ1n) is 5.53. The van der Waals surface area contributed by atoms with Crippen LogP contribution < -0.4 is 16.0 Å². The quantitative estimate of drug-likeness (QED) is 0.762. The number of carbonyl (C=O) groups is 2. The third kappa shape index (κ3) is 4.85. The number of hydrogen-bond donors (Lipinski definition) is 3. The fourth-order valence-corrected chi connectivity index (χ4v) is 1.56. The van der Waals surface area contributed by atoms with E-state index in [-0.39, 0.29) is 18.4 Å². The molecular weight excluding hydrogens is 298 g/mol. The van der Waals surface area contributed by atoms with Gasteiger partial charge >= 0.3 is 0 Å². The van der Waals surface area contributed by atoms with Crippen LogP contribution in [0.3, 0.4) is 0 Å². The normalized spacial score (nSPS) is 11.7. The third-order valence-electron chi connectivity index (χ3n) is 2.34. The second-order valence-corrected chi connectivity index (χ2v) is 4.69. The van der Waals surface area contributed by atoms with Gasteiger partial charge in [0.2, 0.25) is 11.8 Å². The molecule has 0 saturated heterocycles. The summed E-state index contributed by atoms with van der Waals surface area (Å²) in [6.07, 6.45) is 0. The van der Waals surface area contributed by atoms with Gasteiger partial charge in [-0.2, -0.15) is 0 Å². The molecule has 98 valence electrons. The SMILES string of the molecule is CNC(=O)C(C)NCC(=O)Nc1ccc(Br)cc1. The van der Waals surface area contributed by atoms with Gasteiger partial charge in [-0.3, -0.25) is 14.9 Å². The van der Waals surface area contributed by atoms with Gasteiger partial charge < -0.3 is 10.6 Å². The van der Waals surface area contributed by atoms with Crippen LogP contribution in [0.25, 0.3) is 0 Å². The lowest BCUT2D eigenvalue weighted by atomic mass is 10.3. The number of halogens is 1. The van der Waals surface area contributed by atoms with E-state index in [2.05, 4.69) is 31.9 Å². The van der Waals surface area contributed by atoms with Gasteiger partial charge in [0.15, 0.2) is 0 Å². The van der Waals surface area contributed by atoms with Crippen LogP contribution in [0.5, 0.6) is 0 Å². The number of anilines is 1. The van der Waals surface area contributed by atoms with Gasteiger partial charge in [-0.25, -0.2) is 0 Å². The van der Waals surface area contributed by atoms with Crippen LogP contribution in [0, 0.1) is 0 Å². The number of amides is 2. The van der Waals surface area contributed by atoms with Crippen molar-refractivity contribution >= 4 is 33.4 Å². The highest BCUT2D eigenvalue weighted by atomic mass is 79.9. The van der Waals surface area contributed by atoms with Crippen molar-refractivity contribution in [2.24, 2.45) is 0 Å². The van der Waals surface area contributed by atoms with Crippen LogP contribution >= 0.6 is 15.9 Å². The Morgan fingerprint density at radius 2 is 1.89 bits per heavy atom. The van der Waals surface area contributed by atoms with Gasteiger partial charge in [0.25, 0.3) is 0 Å². The molecule has 0 radical (unpaired) electrons. The minimum absolute atomic E-state index is 0.0879. The van der Waals surface area contributed by atoms with Crippen LogP contribution in [0.15, 0.2) is 28.7 Å². The summed E-state index contributed by atoms with van der Waals surface area (Å²) in [5.41, 5.74) is 0.720. The molecule has 1 aromatic carbocycles. The number of nitrogens with one attached hydrogen (secondary N) is 3. The van der Waals surface area contributed by atoms with E-state index in [0.717, 1.165) is 10.2 Å². The number of rotatable bonds is 5. The number of hydrogen-bond acceptors (Lipinski definition) is 3. The van der Waals surface area contributed by atoms with Crippen LogP contribution in [0.2, 0.25) is 0 Å². The van der Waals surface area contributed by atoms with Gasteiger partial charge in [0.05, 0.1) is 12.6 Å². The van der Waals surface area contributed by atoms with E-state index in [1.165, 1.54) is 0 Å². The van der Waals surface area contributed by atoms with E-state index in [1.54, 1.807) is 26.1 Å². The molecule has 0 spiro atoms. The number of carbonyl (C=O) groups excluding carboxylic acids is 2. The van der Waals surface area contributed by atoms with Crippen LogP contribution in [-0.4, -0.2) is 31.4 Å². The van der Waals surface area contributed by atoms with Crippen molar-refractivity contribution in [2.75, 3.05) is 18.9 Å². The average molecular weight is 314 g/mol. The maximum absolute atomic E-state index is 11.6. The Kier molecular flexibility index (Phi) is 5.80. The summed E-state index contributed by atoms with van der Waals surface area (Å²) >= 11 is 3.32. The van der Waals surface area contributed by atoms with Crippen molar-refractivity contribution in [1.29, 1.82) is 0 Å². The molecular formula is C12H16BrN3O2. The Morgan fingerprint density at radius 1 is 1.28 bits per heavy atom. The summed E-state index contributed by atoms with van der Waals surface area (Å²) in [6.45, 7) is 1.79. The van der Waals surface area contributed by atoms with Crippen molar-refractivity contribution in [3.05, 3.63) is 28.7 Å². The third-order valence-corrected chi connectivity index (χ3v) is 2.87. The summed E-state index contributed by atoms with van der Waals surface area (Å²) in [4.78, 5) is 22.8. The van der Waals surface area contributed by atoms with Crippen molar-refractivity contribution in [3.63, 3.8) is 0 Å². The lowest BCUT2D eigenvalue weighted by molar-refractivity contribution is -0.122. The van der Waals surface area contributed by atoms with Crippen molar-refractivity contribution in [3.8, 4) is 0 Å². The zero-order valence-electron chi connectivity index (χ0n) is 10.3. The molecule has 0 fully saturated rings. The summed E-state index contributed by atoms with van der Waals surface area (Å²) in [7, 11) is 1.56. The standard InChI is InChI=1S/C12H16BrN3O2/c1-8(12(18)14-2)15-7-11(17)16-10-5-3-9(13)4-6-10/h3-6,8,15H,7H2,1-2H3,(H,14,18)(H,16,17). The molecule has 0 aliphatic rings. The average Bonchev–Trinajstić information content (AvgIpc) is 2.37. The van der Waals surface area contributed by atoms with Gasteiger partial charge in [-0.05, 0) is 31.2 Å². The largest absolute Gasteiger partial charge is 0.358 e. The van der Waals surface area contributed by atoms with E-state index < -0.39 is 6.04 Å². The monoisotopic (exact) mass is 313 g/mol. The molecule has 6 heteroatoms. The molecule has 0 aromatic heterocycles. The highest BCUT2D eigenvalue weighted by Crippen LogP contribution is 2.13. The van der Waals surface area contributed by atoms with Crippen molar-refractivity contribution in [2.45, 2.75) is 13.0 Å². The van der Waals surface area contributed by atoms with Crippen molar-refractivity contribution in [1.82, 2.24) is 10.6 Å². The van der Waals surface area contributed by atoms with E-state index >= 15 is 0 Å². The molecule has 0 aliphatic heterocycles. The Morgan fingerprint density at radius 3 is 2.44 bits per heavy atom. The van der Waals surface area contributed by atoms with E-state index in [1.807, 2.05) is 12.1 Å². The second-order valence-electron chi connectivity index (χ2n) is 3.77. The van der Waals surface area contributed by atoms with Gasteiger partial charge in [0, 0.05) is 17.2 Å². The van der Waals surface area contributed by atoms with E-state index in [0.29, 0.717) is 0 Å². The van der Waals surface area contributed by atoms with Gasteiger partial charge in [-0.1, -0.05) is 15.9 Å². The predicted molar refractivity (Wildman–Crippen MR) is 74.3 cm³/mol. The smallest absolute Gasteiger partial charge is 0.238 e. The minimum Gasteiger partial charge on any atom is -0.358 e. The van der Waals surface area contributed by atoms with Crippen LogP contribution in [0.4, 0.5) is 5.69 Å². The van der Waals surface area contributed by atoms with Gasteiger partial charge in [0.1, 0.15) is 0 Å². The van der Waals surface area contributed by atoms with Crippen molar-refractivity contribution < 1.29 is 9.59 Å². The van der Waals surface area contributed by atoms with E-state index in [9.17, 15) is 9.59 Å². The lowest BCUT2D eigenvalue weighted by Gasteiger charge is -2.12. The minimum atomic E-state index is -0.398. The maximum atomic E-state index is 11.6. The molecule has 0 bridgehead atoms. The van der Waals surface area contributed by atoms with Gasteiger partial charge in [-0.15, -0.1) is 0 Å². The topological polar surface area (TPSA) is 70.2 Å². The first-order chi connectivity index (χ1) is 8.52. The van der Waals surface area contributed by atoms with Crippen LogP contribution in [-0.2, 0) is 9.59 Å². The fraction of sp³-hybridized carbons (Fsp3) is 0.333. The predicted octanol–water partition coefficient (Wildman–Crippen LogP) is 1.11. The highest BCUT2D eigenvalue weighted by molar-refractivity contribution is 9.10. The molecule has 5 nitrogen and oxygen atoms in total.